The molecular weight excluding hydrogens is 511 g/mol. The van der Waals surface area contributed by atoms with Gasteiger partial charge in [0.1, 0.15) is 10.8 Å². The van der Waals surface area contributed by atoms with Gasteiger partial charge in [-0.15, -0.1) is 0 Å². The maximum Gasteiger partial charge on any atom is 0.416 e. The Hall–Kier alpha value is -2.15. The van der Waals surface area contributed by atoms with E-state index in [1.807, 2.05) is 18.2 Å². The lowest BCUT2D eigenvalue weighted by Crippen LogP contribution is -2.43. The summed E-state index contributed by atoms with van der Waals surface area (Å²) in [5, 5.41) is 3.71. The number of hydrogen-bond acceptors (Lipinski definition) is 5. The van der Waals surface area contributed by atoms with Crippen LogP contribution in [0, 0.1) is 0 Å². The average molecular weight is 533 g/mol. The SMILES string of the molecule is O=[S+](O)(NCc1cccc(C(F)(F)F)c1)c1cc(Cl)c(Oc2cccc(N3CCNCC3)c2)s1. The van der Waals surface area contributed by atoms with Gasteiger partial charge in [0.2, 0.25) is 5.06 Å². The fourth-order valence-electron chi connectivity index (χ4n) is 3.42. The Labute approximate surface area is 205 Å². The van der Waals surface area contributed by atoms with E-state index in [0.29, 0.717) is 5.75 Å². The van der Waals surface area contributed by atoms with Gasteiger partial charge in [-0.25, -0.2) is 0 Å². The van der Waals surface area contributed by atoms with Crippen molar-refractivity contribution in [2.24, 2.45) is 0 Å². The van der Waals surface area contributed by atoms with Crippen LogP contribution in [0.25, 0.3) is 0 Å². The second kappa shape index (κ2) is 10.2. The Balaban J connectivity index is 1.45. The zero-order valence-electron chi connectivity index (χ0n) is 17.8. The normalized spacial score (nSPS) is 16.3. The third-order valence-corrected chi connectivity index (χ3v) is 8.47. The quantitative estimate of drug-likeness (QED) is 0.342. The highest BCUT2D eigenvalue weighted by Crippen LogP contribution is 2.41. The van der Waals surface area contributed by atoms with E-state index in [0.717, 1.165) is 55.3 Å². The molecule has 0 amide bonds. The van der Waals surface area contributed by atoms with E-state index in [-0.39, 0.29) is 26.4 Å². The summed E-state index contributed by atoms with van der Waals surface area (Å²) in [7, 11) is -3.77. The zero-order valence-corrected chi connectivity index (χ0v) is 20.2. The standard InChI is InChI=1S/C22H21ClF3N3O3S2/c23-19-13-20(34(30,31)28-14-15-3-1-4-16(11-15)22(24,25)26)33-21(19)32-18-6-2-5-17(12-18)29-9-7-27-8-10-29/h1-6,11-13,27H,7-10,14H2,(H-,28,30,31)/p+1. The topological polar surface area (TPSA) is 73.8 Å². The molecule has 0 radical (unpaired) electrons. The molecule has 0 spiro atoms. The number of hydrogen-bond donors (Lipinski definition) is 3. The van der Waals surface area contributed by atoms with Crippen molar-refractivity contribution in [2.75, 3.05) is 31.1 Å². The molecule has 3 aromatic rings. The molecule has 0 aliphatic carbocycles. The number of rotatable bonds is 7. The second-order valence-electron chi connectivity index (χ2n) is 7.58. The first-order valence-electron chi connectivity index (χ1n) is 10.3. The largest absolute Gasteiger partial charge is 0.445 e. The number of benzene rings is 2. The predicted molar refractivity (Wildman–Crippen MR) is 128 cm³/mol. The van der Waals surface area contributed by atoms with E-state index in [2.05, 4.69) is 14.9 Å². The Bertz CT molecular complexity index is 1200. The van der Waals surface area contributed by atoms with Gasteiger partial charge in [-0.05, 0) is 39.3 Å². The van der Waals surface area contributed by atoms with Gasteiger partial charge in [0, 0.05) is 44.0 Å². The number of ether oxygens (including phenoxy) is 1. The molecule has 12 heteroatoms. The van der Waals surface area contributed by atoms with Gasteiger partial charge in [0.25, 0.3) is 4.21 Å². The van der Waals surface area contributed by atoms with Crippen LogP contribution in [-0.2, 0) is 27.3 Å². The van der Waals surface area contributed by atoms with Crippen LogP contribution < -0.4 is 19.7 Å². The third kappa shape index (κ3) is 6.09. The summed E-state index contributed by atoms with van der Waals surface area (Å²) >= 11 is 7.15. The van der Waals surface area contributed by atoms with E-state index in [1.165, 1.54) is 18.2 Å². The van der Waals surface area contributed by atoms with Crippen LogP contribution in [-0.4, -0.2) is 30.7 Å². The summed E-state index contributed by atoms with van der Waals surface area (Å²) < 4.78 is 70.3. The lowest BCUT2D eigenvalue weighted by Gasteiger charge is -2.29. The maximum absolute atomic E-state index is 12.9. The van der Waals surface area contributed by atoms with Crippen LogP contribution in [0.2, 0.25) is 5.02 Å². The molecule has 4 rings (SSSR count). The van der Waals surface area contributed by atoms with Crippen molar-refractivity contribution >= 4 is 39.0 Å². The number of alkyl halides is 3. The number of nitrogens with zero attached hydrogens (tertiary/aromatic N) is 1. The fraction of sp³-hybridized carbons (Fsp3) is 0.273. The van der Waals surface area contributed by atoms with E-state index < -0.39 is 22.1 Å². The van der Waals surface area contributed by atoms with E-state index in [1.54, 1.807) is 6.07 Å². The van der Waals surface area contributed by atoms with Crippen LogP contribution in [0.5, 0.6) is 10.8 Å². The number of piperazine rings is 1. The molecule has 1 aromatic heterocycles. The molecule has 2 heterocycles. The smallest absolute Gasteiger partial charge is 0.416 e. The second-order valence-corrected chi connectivity index (χ2v) is 11.0. The van der Waals surface area contributed by atoms with Gasteiger partial charge in [-0.2, -0.15) is 17.7 Å². The minimum absolute atomic E-state index is 0.0118. The van der Waals surface area contributed by atoms with Gasteiger partial charge in [0.05, 0.1) is 12.1 Å². The molecule has 1 saturated heterocycles. The summed E-state index contributed by atoms with van der Waals surface area (Å²) in [5.74, 6) is 0.535. The molecule has 0 saturated carbocycles. The Morgan fingerprint density at radius 3 is 2.62 bits per heavy atom. The van der Waals surface area contributed by atoms with Gasteiger partial charge < -0.3 is 15.0 Å². The predicted octanol–water partition coefficient (Wildman–Crippen LogP) is 5.66. The van der Waals surface area contributed by atoms with Crippen molar-refractivity contribution in [1.29, 1.82) is 0 Å². The van der Waals surface area contributed by atoms with Crippen LogP contribution in [0.1, 0.15) is 11.1 Å². The molecular formula is C22H22ClF3N3O3S2+. The van der Waals surface area contributed by atoms with Crippen LogP contribution >= 0.6 is 22.9 Å². The first-order chi connectivity index (χ1) is 16.1. The van der Waals surface area contributed by atoms with Gasteiger partial charge in [-0.1, -0.05) is 40.6 Å². The fourth-order valence-corrected chi connectivity index (χ4v) is 6.11. The van der Waals surface area contributed by atoms with Gasteiger partial charge in [0.15, 0.2) is 0 Å². The van der Waals surface area contributed by atoms with Crippen molar-refractivity contribution in [3.8, 4) is 10.8 Å². The zero-order chi connectivity index (χ0) is 24.3. The van der Waals surface area contributed by atoms with Crippen LogP contribution in [0.3, 0.4) is 0 Å². The van der Waals surface area contributed by atoms with Crippen molar-refractivity contribution in [3.05, 3.63) is 70.7 Å². The molecule has 1 unspecified atom stereocenters. The molecule has 1 atom stereocenters. The van der Waals surface area contributed by atoms with E-state index >= 15 is 0 Å². The summed E-state index contributed by atoms with van der Waals surface area (Å²) in [6.45, 7) is 3.29. The maximum atomic E-state index is 12.9. The summed E-state index contributed by atoms with van der Waals surface area (Å²) in [4.78, 5) is 2.23. The molecule has 182 valence electrons. The Morgan fingerprint density at radius 2 is 1.88 bits per heavy atom. The average Bonchev–Trinajstić information content (AvgIpc) is 3.19. The van der Waals surface area contributed by atoms with Gasteiger partial charge in [-0.3, -0.25) is 0 Å². The molecule has 34 heavy (non-hydrogen) atoms. The monoisotopic (exact) mass is 532 g/mol. The molecule has 3 N–H and O–H groups in total. The number of halogens is 4. The Kier molecular flexibility index (Phi) is 7.51. The molecule has 1 fully saturated rings. The lowest BCUT2D eigenvalue weighted by atomic mass is 10.1. The third-order valence-electron chi connectivity index (χ3n) is 5.14. The molecule has 0 bridgehead atoms. The number of anilines is 1. The summed E-state index contributed by atoms with van der Waals surface area (Å²) in [6, 6.07) is 13.4. The summed E-state index contributed by atoms with van der Waals surface area (Å²) in [5.41, 5.74) is 0.398. The lowest BCUT2D eigenvalue weighted by molar-refractivity contribution is -0.137. The first-order valence-corrected chi connectivity index (χ1v) is 13.0. The highest BCUT2D eigenvalue weighted by Gasteiger charge is 2.34. The van der Waals surface area contributed by atoms with E-state index in [4.69, 9.17) is 16.3 Å². The van der Waals surface area contributed by atoms with Crippen molar-refractivity contribution in [2.45, 2.75) is 16.9 Å². The Morgan fingerprint density at radius 1 is 1.15 bits per heavy atom. The molecule has 2 aromatic carbocycles. The number of thiophene rings is 1. The summed E-state index contributed by atoms with van der Waals surface area (Å²) in [6.07, 6.45) is -4.49. The number of nitrogens with one attached hydrogen (secondary N) is 2. The first kappa shape index (κ1) is 25.0. The van der Waals surface area contributed by atoms with Crippen molar-refractivity contribution in [3.63, 3.8) is 0 Å². The van der Waals surface area contributed by atoms with Crippen molar-refractivity contribution < 1.29 is 26.7 Å². The molecule has 6 nitrogen and oxygen atoms in total. The minimum atomic E-state index is -4.49. The van der Waals surface area contributed by atoms with Crippen LogP contribution in [0.4, 0.5) is 18.9 Å². The highest BCUT2D eigenvalue weighted by atomic mass is 35.5. The van der Waals surface area contributed by atoms with Gasteiger partial charge >= 0.3 is 16.6 Å². The molecule has 1 aliphatic rings. The van der Waals surface area contributed by atoms with Crippen LogP contribution in [0.15, 0.2) is 58.8 Å². The van der Waals surface area contributed by atoms with E-state index in [9.17, 15) is 21.9 Å². The highest BCUT2D eigenvalue weighted by molar-refractivity contribution is 7.97. The minimum Gasteiger partial charge on any atom is -0.445 e. The van der Waals surface area contributed by atoms with Crippen molar-refractivity contribution in [1.82, 2.24) is 10.0 Å². The molecule has 1 aliphatic heterocycles.